The van der Waals surface area contributed by atoms with E-state index in [1.54, 1.807) is 48.5 Å². The lowest BCUT2D eigenvalue weighted by atomic mass is 10.1. The molecular weight excluding hydrogens is 360 g/mol. The van der Waals surface area contributed by atoms with Crippen molar-refractivity contribution in [2.75, 3.05) is 5.75 Å². The van der Waals surface area contributed by atoms with Crippen LogP contribution in [0.15, 0.2) is 60.7 Å². The Bertz CT molecular complexity index is 834. The van der Waals surface area contributed by atoms with Gasteiger partial charge in [0.05, 0.1) is 5.75 Å². The van der Waals surface area contributed by atoms with Gasteiger partial charge >= 0.3 is 10.1 Å². The molecule has 0 aromatic heterocycles. The number of hydrogen-bond acceptors (Lipinski definition) is 5. The molecule has 1 unspecified atom stereocenters. The van der Waals surface area contributed by atoms with E-state index >= 15 is 0 Å². The molecule has 5 nitrogen and oxygen atoms in total. The number of benzene rings is 2. The number of hydrogen-bond donors (Lipinski definition) is 0. The first-order valence-corrected chi connectivity index (χ1v) is 10.7. The largest absolute Gasteiger partial charge is 0.382 e. The molecule has 0 saturated carbocycles. The smallest absolute Gasteiger partial charge is 0.316 e. The molecular formula is C15H15ClO5S2. The third kappa shape index (κ3) is 5.53. The fourth-order valence-electron chi connectivity index (χ4n) is 2.06. The highest BCUT2D eigenvalue weighted by Crippen LogP contribution is 2.29. The van der Waals surface area contributed by atoms with Crippen LogP contribution in [-0.2, 0) is 19.2 Å². The Kier molecular flexibility index (Phi) is 5.67. The van der Waals surface area contributed by atoms with E-state index in [1.165, 1.54) is 12.1 Å². The van der Waals surface area contributed by atoms with Crippen molar-refractivity contribution in [3.63, 3.8) is 0 Å². The van der Waals surface area contributed by atoms with Crippen LogP contribution in [0, 0.1) is 0 Å². The summed E-state index contributed by atoms with van der Waals surface area (Å²) in [6, 6.07) is 16.4. The molecule has 2 rings (SSSR count). The van der Waals surface area contributed by atoms with Gasteiger partial charge in [0.25, 0.3) is 0 Å². The van der Waals surface area contributed by atoms with Crippen LogP contribution < -0.4 is 4.18 Å². The summed E-state index contributed by atoms with van der Waals surface area (Å²) in [5, 5.41) is -1.13. The summed E-state index contributed by atoms with van der Waals surface area (Å²) in [6.45, 7) is 0. The molecule has 2 aromatic carbocycles. The zero-order chi connectivity index (χ0) is 16.9. The van der Waals surface area contributed by atoms with Crippen LogP contribution in [0.4, 0.5) is 0 Å². The van der Waals surface area contributed by atoms with E-state index in [4.69, 9.17) is 14.9 Å². The lowest BCUT2D eigenvalue weighted by Gasteiger charge is -2.17. The summed E-state index contributed by atoms with van der Waals surface area (Å²) in [4.78, 5) is 0. The maximum absolute atomic E-state index is 12.6. The molecule has 0 amide bonds. The van der Waals surface area contributed by atoms with Gasteiger partial charge in [-0.3, -0.25) is 0 Å². The molecule has 0 N–H and O–H groups in total. The Balaban J connectivity index is 2.32. The van der Waals surface area contributed by atoms with E-state index in [-0.39, 0.29) is 12.2 Å². The van der Waals surface area contributed by atoms with Gasteiger partial charge in [-0.1, -0.05) is 48.5 Å². The summed E-state index contributed by atoms with van der Waals surface area (Å²) in [6.07, 6.45) is -0.189. The van der Waals surface area contributed by atoms with E-state index in [2.05, 4.69) is 0 Å². The molecule has 0 radical (unpaired) electrons. The molecule has 0 heterocycles. The van der Waals surface area contributed by atoms with Gasteiger partial charge in [-0.15, -0.1) is 0 Å². The molecule has 0 saturated heterocycles. The second-order valence-corrected chi connectivity index (χ2v) is 9.44. The van der Waals surface area contributed by atoms with Crippen LogP contribution in [-0.4, -0.2) is 22.6 Å². The zero-order valence-corrected chi connectivity index (χ0v) is 14.4. The van der Waals surface area contributed by atoms with E-state index in [0.717, 1.165) is 0 Å². The van der Waals surface area contributed by atoms with Crippen LogP contribution in [0.1, 0.15) is 17.2 Å². The van der Waals surface area contributed by atoms with Crippen molar-refractivity contribution in [1.29, 1.82) is 0 Å². The minimum Gasteiger partial charge on any atom is -0.382 e. The summed E-state index contributed by atoms with van der Waals surface area (Å²) < 4.78 is 52.6. The van der Waals surface area contributed by atoms with E-state index in [9.17, 15) is 16.8 Å². The predicted molar refractivity (Wildman–Crippen MR) is 89.4 cm³/mol. The summed E-state index contributed by atoms with van der Waals surface area (Å²) >= 11 is 0. The molecule has 2 aromatic rings. The molecule has 0 fully saturated rings. The normalized spacial score (nSPS) is 13.4. The van der Waals surface area contributed by atoms with Crippen LogP contribution in [0.25, 0.3) is 0 Å². The molecule has 1 atom stereocenters. The van der Waals surface area contributed by atoms with E-state index in [1.807, 2.05) is 0 Å². The molecule has 0 bridgehead atoms. The number of halogens is 1. The number of rotatable bonds is 7. The molecule has 8 heteroatoms. The SMILES string of the molecule is O=S(=O)(Cl)CCC(c1ccccc1)S(=O)(=O)Oc1ccccc1. The van der Waals surface area contributed by atoms with Crippen molar-refractivity contribution < 1.29 is 21.0 Å². The highest BCUT2D eigenvalue weighted by Gasteiger charge is 2.30. The Morgan fingerprint density at radius 1 is 0.870 bits per heavy atom. The number of para-hydroxylation sites is 1. The van der Waals surface area contributed by atoms with Gasteiger partial charge in [0, 0.05) is 10.7 Å². The predicted octanol–water partition coefficient (Wildman–Crippen LogP) is 3.10. The van der Waals surface area contributed by atoms with Crippen molar-refractivity contribution in [3.8, 4) is 5.75 Å². The fourth-order valence-corrected chi connectivity index (χ4v) is 4.39. The van der Waals surface area contributed by atoms with Gasteiger partial charge in [0.1, 0.15) is 11.0 Å². The zero-order valence-electron chi connectivity index (χ0n) is 12.0. The standard InChI is InChI=1S/C15H15ClO5S2/c16-22(17,18)12-11-15(13-7-3-1-4-8-13)23(19,20)21-14-9-5-2-6-10-14/h1-10,15H,11-12H2. The molecule has 23 heavy (non-hydrogen) atoms. The van der Waals surface area contributed by atoms with Gasteiger partial charge in [-0.05, 0) is 24.1 Å². The van der Waals surface area contributed by atoms with Crippen LogP contribution in [0.5, 0.6) is 5.75 Å². The maximum Gasteiger partial charge on any atom is 0.316 e. The summed E-state index contributed by atoms with van der Waals surface area (Å²) in [5.74, 6) is -0.298. The Labute approximate surface area is 140 Å². The van der Waals surface area contributed by atoms with Crippen LogP contribution in [0.2, 0.25) is 0 Å². The van der Waals surface area contributed by atoms with Crippen molar-refractivity contribution in [3.05, 3.63) is 66.2 Å². The van der Waals surface area contributed by atoms with Crippen molar-refractivity contribution in [1.82, 2.24) is 0 Å². The topological polar surface area (TPSA) is 77.5 Å². The van der Waals surface area contributed by atoms with Gasteiger partial charge in [0.15, 0.2) is 0 Å². The minimum absolute atomic E-state index is 0.169. The van der Waals surface area contributed by atoms with Crippen molar-refractivity contribution in [2.24, 2.45) is 0 Å². The molecule has 0 aliphatic heterocycles. The molecule has 0 aliphatic carbocycles. The Morgan fingerprint density at radius 2 is 1.39 bits per heavy atom. The molecule has 0 spiro atoms. The van der Waals surface area contributed by atoms with Crippen molar-refractivity contribution >= 4 is 29.9 Å². The first kappa shape index (κ1) is 17.8. The Morgan fingerprint density at radius 3 is 1.91 bits per heavy atom. The monoisotopic (exact) mass is 374 g/mol. The highest BCUT2D eigenvalue weighted by molar-refractivity contribution is 8.13. The second kappa shape index (κ2) is 7.33. The second-order valence-electron chi connectivity index (χ2n) is 4.82. The minimum atomic E-state index is -4.07. The Hall–Kier alpha value is -1.57. The summed E-state index contributed by atoms with van der Waals surface area (Å²) in [7, 11) is -2.67. The summed E-state index contributed by atoms with van der Waals surface area (Å²) in [5.41, 5.74) is 0.448. The third-order valence-corrected chi connectivity index (χ3v) is 5.92. The molecule has 0 aliphatic rings. The third-order valence-electron chi connectivity index (χ3n) is 3.10. The van der Waals surface area contributed by atoms with Crippen LogP contribution in [0.3, 0.4) is 0 Å². The van der Waals surface area contributed by atoms with E-state index in [0.29, 0.717) is 5.56 Å². The van der Waals surface area contributed by atoms with Crippen molar-refractivity contribution in [2.45, 2.75) is 11.7 Å². The molecule has 124 valence electrons. The first-order chi connectivity index (χ1) is 10.8. The average molecular weight is 375 g/mol. The highest BCUT2D eigenvalue weighted by atomic mass is 35.7. The van der Waals surface area contributed by atoms with E-state index < -0.39 is 30.2 Å². The van der Waals surface area contributed by atoms with Gasteiger partial charge in [-0.25, -0.2) is 8.42 Å². The fraction of sp³-hybridized carbons (Fsp3) is 0.200. The lowest BCUT2D eigenvalue weighted by molar-refractivity contribution is 0.470. The lowest BCUT2D eigenvalue weighted by Crippen LogP contribution is -2.21. The quantitative estimate of drug-likeness (QED) is 0.549. The average Bonchev–Trinajstić information content (AvgIpc) is 2.47. The first-order valence-electron chi connectivity index (χ1n) is 6.73. The van der Waals surface area contributed by atoms with Gasteiger partial charge < -0.3 is 4.18 Å². The van der Waals surface area contributed by atoms with Crippen LogP contribution >= 0.6 is 10.7 Å². The van der Waals surface area contributed by atoms with Gasteiger partial charge in [0.2, 0.25) is 9.05 Å². The van der Waals surface area contributed by atoms with Gasteiger partial charge in [-0.2, -0.15) is 8.42 Å². The maximum atomic E-state index is 12.6.